The van der Waals surface area contributed by atoms with Gasteiger partial charge in [0.25, 0.3) is 0 Å². The van der Waals surface area contributed by atoms with Crippen molar-refractivity contribution in [2.75, 3.05) is 26.2 Å². The van der Waals surface area contributed by atoms with Gasteiger partial charge in [0.05, 0.1) is 0 Å². The lowest BCUT2D eigenvalue weighted by Gasteiger charge is -2.43. The van der Waals surface area contributed by atoms with Crippen LogP contribution in [0.1, 0.15) is 66.2 Å². The topological polar surface area (TPSA) is 29.3 Å². The predicted molar refractivity (Wildman–Crippen MR) is 85.3 cm³/mol. The SMILES string of the molecule is CCC(CC)CN(CC)CC1(CN)CCCC(C)C1. The van der Waals surface area contributed by atoms with Crippen LogP contribution in [0.3, 0.4) is 0 Å². The quantitative estimate of drug-likeness (QED) is 0.723. The number of hydrogen-bond donors (Lipinski definition) is 1. The third-order valence-electron chi connectivity index (χ3n) is 5.30. The Hall–Kier alpha value is -0.0800. The van der Waals surface area contributed by atoms with Gasteiger partial charge in [0.1, 0.15) is 0 Å². The van der Waals surface area contributed by atoms with Gasteiger partial charge in [0.15, 0.2) is 0 Å². The molecule has 114 valence electrons. The first-order valence-electron chi connectivity index (χ1n) is 8.51. The average molecular weight is 268 g/mol. The molecule has 0 radical (unpaired) electrons. The Kier molecular flexibility index (Phi) is 7.38. The molecule has 0 heterocycles. The van der Waals surface area contributed by atoms with Crippen molar-refractivity contribution in [3.8, 4) is 0 Å². The fourth-order valence-electron chi connectivity index (χ4n) is 3.85. The summed E-state index contributed by atoms with van der Waals surface area (Å²) in [6, 6.07) is 0. The van der Waals surface area contributed by atoms with Crippen LogP contribution in [0, 0.1) is 17.3 Å². The fourth-order valence-corrected chi connectivity index (χ4v) is 3.85. The van der Waals surface area contributed by atoms with E-state index < -0.39 is 0 Å². The van der Waals surface area contributed by atoms with Crippen LogP contribution in [-0.2, 0) is 0 Å². The van der Waals surface area contributed by atoms with E-state index in [0.29, 0.717) is 5.41 Å². The second-order valence-corrected chi connectivity index (χ2v) is 6.92. The summed E-state index contributed by atoms with van der Waals surface area (Å²) in [7, 11) is 0. The van der Waals surface area contributed by atoms with Crippen molar-refractivity contribution in [2.24, 2.45) is 23.0 Å². The van der Waals surface area contributed by atoms with Crippen molar-refractivity contribution in [1.82, 2.24) is 4.90 Å². The highest BCUT2D eigenvalue weighted by Crippen LogP contribution is 2.39. The van der Waals surface area contributed by atoms with Gasteiger partial charge in [-0.3, -0.25) is 0 Å². The lowest BCUT2D eigenvalue weighted by Crippen LogP contribution is -2.46. The minimum absolute atomic E-state index is 0.402. The molecule has 0 aliphatic heterocycles. The molecule has 1 saturated carbocycles. The molecule has 1 fully saturated rings. The summed E-state index contributed by atoms with van der Waals surface area (Å²) in [5.74, 6) is 1.72. The number of rotatable bonds is 8. The van der Waals surface area contributed by atoms with Gasteiger partial charge in [-0.15, -0.1) is 0 Å². The van der Waals surface area contributed by atoms with Crippen LogP contribution >= 0.6 is 0 Å². The van der Waals surface area contributed by atoms with Crippen LogP contribution in [0.5, 0.6) is 0 Å². The van der Waals surface area contributed by atoms with Gasteiger partial charge in [-0.1, -0.05) is 53.4 Å². The van der Waals surface area contributed by atoms with Crippen LogP contribution in [0.15, 0.2) is 0 Å². The van der Waals surface area contributed by atoms with E-state index in [1.807, 2.05) is 0 Å². The molecule has 2 atom stereocenters. The fraction of sp³-hybridized carbons (Fsp3) is 1.00. The van der Waals surface area contributed by atoms with Crippen molar-refractivity contribution in [3.05, 3.63) is 0 Å². The maximum Gasteiger partial charge on any atom is 0.00502 e. The maximum absolute atomic E-state index is 6.17. The van der Waals surface area contributed by atoms with E-state index >= 15 is 0 Å². The molecule has 1 rings (SSSR count). The molecule has 1 aliphatic rings. The largest absolute Gasteiger partial charge is 0.330 e. The van der Waals surface area contributed by atoms with E-state index in [2.05, 4.69) is 32.6 Å². The molecule has 2 nitrogen and oxygen atoms in total. The van der Waals surface area contributed by atoms with Crippen LogP contribution in [-0.4, -0.2) is 31.1 Å². The Labute approximate surface area is 121 Å². The average Bonchev–Trinajstić information content (AvgIpc) is 2.43. The smallest absolute Gasteiger partial charge is 0.00502 e. The monoisotopic (exact) mass is 268 g/mol. The zero-order chi connectivity index (χ0) is 14.3. The summed E-state index contributed by atoms with van der Waals surface area (Å²) in [5, 5.41) is 0. The zero-order valence-electron chi connectivity index (χ0n) is 13.8. The Morgan fingerprint density at radius 1 is 1.26 bits per heavy atom. The van der Waals surface area contributed by atoms with Crippen LogP contribution < -0.4 is 5.73 Å². The number of nitrogens with zero attached hydrogens (tertiary/aromatic N) is 1. The molecule has 0 aromatic rings. The van der Waals surface area contributed by atoms with Crippen molar-refractivity contribution in [2.45, 2.75) is 66.2 Å². The third kappa shape index (κ3) is 5.07. The molecule has 19 heavy (non-hydrogen) atoms. The molecule has 1 aliphatic carbocycles. The predicted octanol–water partition coefficient (Wildman–Crippen LogP) is 3.90. The second-order valence-electron chi connectivity index (χ2n) is 6.92. The Morgan fingerprint density at radius 2 is 1.95 bits per heavy atom. The minimum atomic E-state index is 0.402. The lowest BCUT2D eigenvalue weighted by molar-refractivity contribution is 0.0813. The van der Waals surface area contributed by atoms with Crippen molar-refractivity contribution < 1.29 is 0 Å². The van der Waals surface area contributed by atoms with E-state index in [4.69, 9.17) is 5.73 Å². The van der Waals surface area contributed by atoms with E-state index in [9.17, 15) is 0 Å². The Morgan fingerprint density at radius 3 is 2.42 bits per heavy atom. The molecule has 0 spiro atoms. The second kappa shape index (κ2) is 8.26. The molecule has 0 amide bonds. The van der Waals surface area contributed by atoms with Gasteiger partial charge in [-0.2, -0.15) is 0 Å². The highest BCUT2D eigenvalue weighted by molar-refractivity contribution is 4.89. The summed E-state index contributed by atoms with van der Waals surface area (Å²) < 4.78 is 0. The minimum Gasteiger partial charge on any atom is -0.330 e. The summed E-state index contributed by atoms with van der Waals surface area (Å²) in [6.07, 6.45) is 8.07. The highest BCUT2D eigenvalue weighted by atomic mass is 15.1. The molecule has 2 N–H and O–H groups in total. The highest BCUT2D eigenvalue weighted by Gasteiger charge is 2.35. The summed E-state index contributed by atoms with van der Waals surface area (Å²) in [4.78, 5) is 2.67. The molecular weight excluding hydrogens is 232 g/mol. The lowest BCUT2D eigenvalue weighted by atomic mass is 9.69. The first-order valence-corrected chi connectivity index (χ1v) is 8.51. The maximum atomic E-state index is 6.17. The molecule has 0 aromatic heterocycles. The van der Waals surface area contributed by atoms with Crippen molar-refractivity contribution >= 4 is 0 Å². The summed E-state index contributed by atoms with van der Waals surface area (Å²) in [5.41, 5.74) is 6.58. The number of nitrogens with two attached hydrogens (primary N) is 1. The van der Waals surface area contributed by atoms with Gasteiger partial charge in [0, 0.05) is 13.1 Å². The van der Waals surface area contributed by atoms with Crippen LogP contribution in [0.25, 0.3) is 0 Å². The molecule has 2 heteroatoms. The standard InChI is InChI=1S/C17H36N2/c1-5-16(6-2)12-19(7-3)14-17(13-18)10-8-9-15(4)11-17/h15-16H,5-14,18H2,1-4H3. The first kappa shape index (κ1) is 17.0. The van der Waals surface area contributed by atoms with E-state index in [1.54, 1.807) is 0 Å². The summed E-state index contributed by atoms with van der Waals surface area (Å²) in [6.45, 7) is 13.9. The zero-order valence-corrected chi connectivity index (χ0v) is 13.8. The van der Waals surface area contributed by atoms with E-state index in [1.165, 1.54) is 58.2 Å². The van der Waals surface area contributed by atoms with Gasteiger partial charge < -0.3 is 10.6 Å². The summed E-state index contributed by atoms with van der Waals surface area (Å²) >= 11 is 0. The first-order chi connectivity index (χ1) is 9.09. The van der Waals surface area contributed by atoms with Gasteiger partial charge >= 0.3 is 0 Å². The molecule has 0 bridgehead atoms. The van der Waals surface area contributed by atoms with Crippen molar-refractivity contribution in [3.63, 3.8) is 0 Å². The van der Waals surface area contributed by atoms with Gasteiger partial charge in [0.2, 0.25) is 0 Å². The molecule has 0 saturated heterocycles. The molecule has 2 unspecified atom stereocenters. The third-order valence-corrected chi connectivity index (χ3v) is 5.30. The molecular formula is C17H36N2. The van der Waals surface area contributed by atoms with Crippen LogP contribution in [0.4, 0.5) is 0 Å². The number of hydrogen-bond acceptors (Lipinski definition) is 2. The van der Waals surface area contributed by atoms with Crippen molar-refractivity contribution in [1.29, 1.82) is 0 Å². The van der Waals surface area contributed by atoms with Gasteiger partial charge in [-0.25, -0.2) is 0 Å². The molecule has 0 aromatic carbocycles. The van der Waals surface area contributed by atoms with Gasteiger partial charge in [-0.05, 0) is 43.2 Å². The normalized spacial score (nSPS) is 28.3. The van der Waals surface area contributed by atoms with E-state index in [0.717, 1.165) is 18.4 Å². The van der Waals surface area contributed by atoms with Crippen LogP contribution in [0.2, 0.25) is 0 Å². The van der Waals surface area contributed by atoms with E-state index in [-0.39, 0.29) is 0 Å². The Balaban J connectivity index is 2.60. The Bertz CT molecular complexity index is 237.